The molecule has 1 heterocycles. The molecule has 4 nitrogen and oxygen atoms in total. The van der Waals surface area contributed by atoms with Crippen LogP contribution in [0.3, 0.4) is 0 Å². The Kier molecular flexibility index (Phi) is 6.45. The van der Waals surface area contributed by atoms with Gasteiger partial charge < -0.3 is 15.1 Å². The summed E-state index contributed by atoms with van der Waals surface area (Å²) in [6, 6.07) is 7.35. The molecule has 0 saturated carbocycles. The molecule has 0 aromatic heterocycles. The van der Waals surface area contributed by atoms with Gasteiger partial charge in [0.15, 0.2) is 0 Å². The number of amides is 1. The summed E-state index contributed by atoms with van der Waals surface area (Å²) in [7, 11) is 0. The number of carbonyl (C=O) groups is 1. The summed E-state index contributed by atoms with van der Waals surface area (Å²) in [4.78, 5) is 14.1. The Hall–Kier alpha value is -1.83. The van der Waals surface area contributed by atoms with Crippen molar-refractivity contribution in [2.24, 2.45) is 0 Å². The average Bonchev–Trinajstić information content (AvgIpc) is 2.55. The standard InChI is InChI=1S/C18H23NO3/c20-14-4-2-1-3-5-15-6-8-16(9-7-15)18(22)19-12-10-17(21)11-13-19/h6-9,17,20-21H,1-2,4,10-14H2. The molecule has 1 aromatic rings. The predicted molar refractivity (Wildman–Crippen MR) is 85.4 cm³/mol. The Labute approximate surface area is 131 Å². The average molecular weight is 301 g/mol. The van der Waals surface area contributed by atoms with Gasteiger partial charge in [-0.25, -0.2) is 0 Å². The highest BCUT2D eigenvalue weighted by molar-refractivity contribution is 5.94. The third kappa shape index (κ3) is 4.87. The fourth-order valence-electron chi connectivity index (χ4n) is 2.44. The third-order valence-electron chi connectivity index (χ3n) is 3.83. The SMILES string of the molecule is O=C(c1ccc(C#CCCCCO)cc1)N1CCC(O)CC1. The number of hydrogen-bond donors (Lipinski definition) is 2. The number of likely N-dealkylation sites (tertiary alicyclic amines) is 1. The molecular formula is C18H23NO3. The molecular weight excluding hydrogens is 278 g/mol. The number of hydrogen-bond acceptors (Lipinski definition) is 3. The summed E-state index contributed by atoms with van der Waals surface area (Å²) in [5.41, 5.74) is 1.57. The zero-order chi connectivity index (χ0) is 15.8. The van der Waals surface area contributed by atoms with Gasteiger partial charge in [-0.1, -0.05) is 11.8 Å². The monoisotopic (exact) mass is 301 g/mol. The van der Waals surface area contributed by atoms with Gasteiger partial charge in [0.2, 0.25) is 0 Å². The summed E-state index contributed by atoms with van der Waals surface area (Å²) < 4.78 is 0. The van der Waals surface area contributed by atoms with E-state index >= 15 is 0 Å². The van der Waals surface area contributed by atoms with Gasteiger partial charge in [-0.2, -0.15) is 0 Å². The van der Waals surface area contributed by atoms with Crippen molar-refractivity contribution in [3.8, 4) is 11.8 Å². The zero-order valence-corrected chi connectivity index (χ0v) is 12.8. The smallest absolute Gasteiger partial charge is 0.253 e. The Morgan fingerprint density at radius 3 is 2.50 bits per heavy atom. The number of nitrogens with zero attached hydrogens (tertiary/aromatic N) is 1. The van der Waals surface area contributed by atoms with Crippen molar-refractivity contribution >= 4 is 5.91 Å². The van der Waals surface area contributed by atoms with Gasteiger partial charge >= 0.3 is 0 Å². The van der Waals surface area contributed by atoms with E-state index in [0.29, 0.717) is 31.5 Å². The quantitative estimate of drug-likeness (QED) is 0.658. The number of aliphatic hydroxyl groups excluding tert-OH is 2. The van der Waals surface area contributed by atoms with Crippen LogP contribution in [0.15, 0.2) is 24.3 Å². The molecule has 0 aliphatic carbocycles. The van der Waals surface area contributed by atoms with Crippen molar-refractivity contribution in [3.05, 3.63) is 35.4 Å². The van der Waals surface area contributed by atoms with E-state index in [0.717, 1.165) is 24.8 Å². The van der Waals surface area contributed by atoms with Crippen LogP contribution < -0.4 is 0 Å². The molecule has 1 aliphatic rings. The Morgan fingerprint density at radius 1 is 1.18 bits per heavy atom. The molecule has 1 fully saturated rings. The van der Waals surface area contributed by atoms with Gasteiger partial charge in [-0.15, -0.1) is 0 Å². The lowest BCUT2D eigenvalue weighted by Crippen LogP contribution is -2.40. The van der Waals surface area contributed by atoms with Gasteiger partial charge in [0.1, 0.15) is 0 Å². The number of aliphatic hydroxyl groups is 2. The first-order chi connectivity index (χ1) is 10.7. The molecule has 0 spiro atoms. The van der Waals surface area contributed by atoms with E-state index in [1.54, 1.807) is 4.90 Å². The van der Waals surface area contributed by atoms with Crippen molar-refractivity contribution in [1.82, 2.24) is 4.90 Å². The van der Waals surface area contributed by atoms with E-state index in [1.165, 1.54) is 0 Å². The van der Waals surface area contributed by atoms with Crippen molar-refractivity contribution < 1.29 is 15.0 Å². The highest BCUT2D eigenvalue weighted by Crippen LogP contribution is 2.14. The normalized spacial score (nSPS) is 15.3. The van der Waals surface area contributed by atoms with Gasteiger partial charge in [-0.05, 0) is 49.9 Å². The maximum absolute atomic E-state index is 12.3. The zero-order valence-electron chi connectivity index (χ0n) is 12.8. The van der Waals surface area contributed by atoms with Crippen molar-refractivity contribution in [2.45, 2.75) is 38.2 Å². The minimum absolute atomic E-state index is 0.0226. The van der Waals surface area contributed by atoms with Crippen LogP contribution in [-0.4, -0.2) is 46.8 Å². The van der Waals surface area contributed by atoms with Crippen LogP contribution in [-0.2, 0) is 0 Å². The van der Waals surface area contributed by atoms with Gasteiger partial charge in [0.25, 0.3) is 5.91 Å². The molecule has 118 valence electrons. The number of benzene rings is 1. The topological polar surface area (TPSA) is 60.8 Å². The van der Waals surface area contributed by atoms with Crippen LogP contribution in [0.4, 0.5) is 0 Å². The molecule has 0 atom stereocenters. The maximum atomic E-state index is 12.3. The third-order valence-corrected chi connectivity index (χ3v) is 3.83. The molecule has 0 bridgehead atoms. The van der Waals surface area contributed by atoms with E-state index in [-0.39, 0.29) is 18.6 Å². The first kappa shape index (κ1) is 16.5. The van der Waals surface area contributed by atoms with Crippen LogP contribution in [0.25, 0.3) is 0 Å². The predicted octanol–water partition coefficient (Wildman–Crippen LogP) is 1.80. The summed E-state index contributed by atoms with van der Waals surface area (Å²) >= 11 is 0. The summed E-state index contributed by atoms with van der Waals surface area (Å²) in [6.07, 6.45) is 3.50. The molecule has 22 heavy (non-hydrogen) atoms. The van der Waals surface area contributed by atoms with E-state index in [4.69, 9.17) is 5.11 Å². The molecule has 1 saturated heterocycles. The van der Waals surface area contributed by atoms with Crippen LogP contribution in [0, 0.1) is 11.8 Å². The fraction of sp³-hybridized carbons (Fsp3) is 0.500. The lowest BCUT2D eigenvalue weighted by atomic mass is 10.1. The number of piperidine rings is 1. The second-order valence-electron chi connectivity index (χ2n) is 5.58. The molecule has 0 unspecified atom stereocenters. The molecule has 1 aromatic carbocycles. The highest BCUT2D eigenvalue weighted by atomic mass is 16.3. The van der Waals surface area contributed by atoms with Crippen molar-refractivity contribution in [1.29, 1.82) is 0 Å². The first-order valence-corrected chi connectivity index (χ1v) is 7.88. The first-order valence-electron chi connectivity index (χ1n) is 7.88. The minimum atomic E-state index is -0.271. The summed E-state index contributed by atoms with van der Waals surface area (Å²) in [5.74, 6) is 6.16. The van der Waals surface area contributed by atoms with E-state index in [1.807, 2.05) is 24.3 Å². The van der Waals surface area contributed by atoms with E-state index in [2.05, 4.69) is 11.8 Å². The Balaban J connectivity index is 1.89. The van der Waals surface area contributed by atoms with Crippen LogP contribution >= 0.6 is 0 Å². The Bertz CT molecular complexity index is 534. The Morgan fingerprint density at radius 2 is 1.86 bits per heavy atom. The molecule has 4 heteroatoms. The fourth-order valence-corrected chi connectivity index (χ4v) is 2.44. The van der Waals surface area contributed by atoms with E-state index < -0.39 is 0 Å². The molecule has 0 radical (unpaired) electrons. The second-order valence-corrected chi connectivity index (χ2v) is 5.58. The molecule has 1 aliphatic heterocycles. The van der Waals surface area contributed by atoms with Gasteiger partial charge in [-0.3, -0.25) is 4.79 Å². The summed E-state index contributed by atoms with van der Waals surface area (Å²) in [5, 5.41) is 18.2. The molecule has 2 rings (SSSR count). The number of unbranched alkanes of at least 4 members (excludes halogenated alkanes) is 2. The minimum Gasteiger partial charge on any atom is -0.396 e. The second kappa shape index (κ2) is 8.57. The maximum Gasteiger partial charge on any atom is 0.253 e. The number of rotatable bonds is 4. The molecule has 2 N–H and O–H groups in total. The van der Waals surface area contributed by atoms with Crippen molar-refractivity contribution in [3.63, 3.8) is 0 Å². The number of carbonyl (C=O) groups excluding carboxylic acids is 1. The lowest BCUT2D eigenvalue weighted by molar-refractivity contribution is 0.0546. The highest BCUT2D eigenvalue weighted by Gasteiger charge is 2.21. The van der Waals surface area contributed by atoms with E-state index in [9.17, 15) is 9.90 Å². The lowest BCUT2D eigenvalue weighted by Gasteiger charge is -2.29. The van der Waals surface area contributed by atoms with Crippen LogP contribution in [0.1, 0.15) is 48.0 Å². The van der Waals surface area contributed by atoms with Crippen LogP contribution in [0.5, 0.6) is 0 Å². The van der Waals surface area contributed by atoms with Gasteiger partial charge in [0.05, 0.1) is 6.10 Å². The van der Waals surface area contributed by atoms with Crippen molar-refractivity contribution in [2.75, 3.05) is 19.7 Å². The largest absolute Gasteiger partial charge is 0.396 e. The van der Waals surface area contributed by atoms with Gasteiger partial charge in [0, 0.05) is 37.2 Å². The molecule has 1 amide bonds. The summed E-state index contributed by atoms with van der Waals surface area (Å²) in [6.45, 7) is 1.45. The van der Waals surface area contributed by atoms with Crippen LogP contribution in [0.2, 0.25) is 0 Å².